The molecular weight excluding hydrogens is 341 g/mol. The van der Waals surface area contributed by atoms with Crippen LogP contribution < -0.4 is 11.1 Å². The van der Waals surface area contributed by atoms with Gasteiger partial charge < -0.3 is 21.1 Å². The van der Waals surface area contributed by atoms with Gasteiger partial charge in [-0.1, -0.05) is 11.6 Å². The number of benzene rings is 1. The first-order chi connectivity index (χ1) is 11.2. The van der Waals surface area contributed by atoms with Gasteiger partial charge in [-0.2, -0.15) is 0 Å². The number of rotatable bonds is 4. The molecule has 0 radical (unpaired) electrons. The van der Waals surface area contributed by atoms with Gasteiger partial charge in [0.2, 0.25) is 5.91 Å². The Morgan fingerprint density at radius 1 is 1.46 bits per heavy atom. The Labute approximate surface area is 142 Å². The topological polar surface area (TPSA) is 113 Å². The molecule has 0 spiro atoms. The fourth-order valence-electron chi connectivity index (χ4n) is 2.52. The summed E-state index contributed by atoms with van der Waals surface area (Å²) in [6, 6.07) is 2.02. The number of carbonyl (C=O) groups is 3. The smallest absolute Gasteiger partial charge is 0.326 e. The molecule has 7 nitrogen and oxygen atoms in total. The maximum absolute atomic E-state index is 13.4. The number of anilines is 1. The van der Waals surface area contributed by atoms with Crippen molar-refractivity contribution < 1.29 is 23.9 Å². The van der Waals surface area contributed by atoms with E-state index < -0.39 is 36.0 Å². The Morgan fingerprint density at radius 3 is 2.71 bits per heavy atom. The van der Waals surface area contributed by atoms with Gasteiger partial charge in [-0.3, -0.25) is 9.59 Å². The molecule has 1 fully saturated rings. The van der Waals surface area contributed by atoms with Gasteiger partial charge in [0.25, 0.3) is 5.91 Å². The van der Waals surface area contributed by atoms with E-state index in [9.17, 15) is 18.8 Å². The standard InChI is InChI=1S/C15H17ClFN3O4/c1-7(14(22)20-6-9(17)5-12(20)15(23)24)19-13(21)8-2-3-11(18)10(16)4-8/h2-4,7,9,12H,5-6,18H2,1H3,(H,19,21)(H,23,24). The fraction of sp³-hybridized carbons (Fsp3) is 0.400. The fourth-order valence-corrected chi connectivity index (χ4v) is 2.70. The summed E-state index contributed by atoms with van der Waals surface area (Å²) in [5.74, 6) is -2.49. The van der Waals surface area contributed by atoms with Crippen molar-refractivity contribution in [2.24, 2.45) is 0 Å². The summed E-state index contributed by atoms with van der Waals surface area (Å²) in [4.78, 5) is 36.5. The van der Waals surface area contributed by atoms with E-state index >= 15 is 0 Å². The lowest BCUT2D eigenvalue weighted by atomic mass is 10.1. The number of likely N-dealkylation sites (tertiary alicyclic amines) is 1. The molecule has 24 heavy (non-hydrogen) atoms. The Hall–Kier alpha value is -2.35. The van der Waals surface area contributed by atoms with Gasteiger partial charge in [-0.25, -0.2) is 9.18 Å². The first-order valence-corrected chi connectivity index (χ1v) is 7.61. The summed E-state index contributed by atoms with van der Waals surface area (Å²) >= 11 is 5.84. The Bertz CT molecular complexity index is 685. The van der Waals surface area contributed by atoms with E-state index in [1.165, 1.54) is 25.1 Å². The molecule has 3 unspecified atom stereocenters. The van der Waals surface area contributed by atoms with E-state index in [0.717, 1.165) is 4.90 Å². The normalized spacial score (nSPS) is 21.4. The lowest BCUT2D eigenvalue weighted by Crippen LogP contribution is -2.50. The number of nitrogens with two attached hydrogens (primary N) is 1. The number of hydrogen-bond acceptors (Lipinski definition) is 4. The summed E-state index contributed by atoms with van der Waals surface area (Å²) in [5, 5.41) is 11.7. The lowest BCUT2D eigenvalue weighted by Gasteiger charge is -2.25. The predicted molar refractivity (Wildman–Crippen MR) is 85.4 cm³/mol. The minimum Gasteiger partial charge on any atom is -0.480 e. The minimum atomic E-state index is -1.39. The Balaban J connectivity index is 2.06. The number of hydrogen-bond donors (Lipinski definition) is 3. The van der Waals surface area contributed by atoms with Gasteiger partial charge in [-0.15, -0.1) is 0 Å². The maximum Gasteiger partial charge on any atom is 0.326 e. The molecule has 130 valence electrons. The van der Waals surface area contributed by atoms with E-state index in [-0.39, 0.29) is 23.6 Å². The van der Waals surface area contributed by atoms with Crippen molar-refractivity contribution in [3.8, 4) is 0 Å². The number of carboxylic acid groups (broad SMARTS) is 1. The van der Waals surface area contributed by atoms with Gasteiger partial charge in [-0.05, 0) is 25.1 Å². The molecule has 4 N–H and O–H groups in total. The number of carboxylic acids is 1. The van der Waals surface area contributed by atoms with E-state index in [1.807, 2.05) is 0 Å². The van der Waals surface area contributed by atoms with E-state index in [0.29, 0.717) is 5.69 Å². The zero-order valence-corrected chi connectivity index (χ0v) is 13.6. The molecule has 3 atom stereocenters. The van der Waals surface area contributed by atoms with Gasteiger partial charge in [0.1, 0.15) is 18.3 Å². The summed E-state index contributed by atoms with van der Waals surface area (Å²) in [7, 11) is 0. The molecule has 1 saturated heterocycles. The highest BCUT2D eigenvalue weighted by Gasteiger charge is 2.41. The van der Waals surface area contributed by atoms with E-state index in [1.54, 1.807) is 0 Å². The van der Waals surface area contributed by atoms with Crippen molar-refractivity contribution in [1.29, 1.82) is 0 Å². The van der Waals surface area contributed by atoms with Crippen LogP contribution in [0.4, 0.5) is 10.1 Å². The molecule has 1 aliphatic heterocycles. The third-order valence-corrected chi connectivity index (χ3v) is 4.13. The number of nitrogen functional groups attached to an aromatic ring is 1. The summed E-state index contributed by atoms with van der Waals surface area (Å²) in [6.45, 7) is 1.10. The van der Waals surface area contributed by atoms with Crippen molar-refractivity contribution in [3.05, 3.63) is 28.8 Å². The highest BCUT2D eigenvalue weighted by molar-refractivity contribution is 6.33. The second-order valence-corrected chi connectivity index (χ2v) is 6.02. The van der Waals surface area contributed by atoms with Crippen LogP contribution in [0, 0.1) is 0 Å². The number of amides is 2. The molecule has 0 bridgehead atoms. The van der Waals surface area contributed by atoms with Crippen LogP contribution in [0.3, 0.4) is 0 Å². The van der Waals surface area contributed by atoms with Crippen LogP contribution in [0.25, 0.3) is 0 Å². The van der Waals surface area contributed by atoms with Crippen molar-refractivity contribution in [1.82, 2.24) is 10.2 Å². The molecule has 1 heterocycles. The van der Waals surface area contributed by atoms with Gasteiger partial charge >= 0.3 is 5.97 Å². The number of alkyl halides is 1. The van der Waals surface area contributed by atoms with Crippen LogP contribution in [0.1, 0.15) is 23.7 Å². The molecule has 9 heteroatoms. The first-order valence-electron chi connectivity index (χ1n) is 7.24. The summed E-state index contributed by atoms with van der Waals surface area (Å²) in [5.41, 5.74) is 6.08. The summed E-state index contributed by atoms with van der Waals surface area (Å²) in [6.07, 6.45) is -1.65. The van der Waals surface area contributed by atoms with Crippen LogP contribution in [0.15, 0.2) is 18.2 Å². The van der Waals surface area contributed by atoms with E-state index in [4.69, 9.17) is 22.4 Å². The minimum absolute atomic E-state index is 0.201. The number of carbonyl (C=O) groups excluding carboxylic acids is 2. The van der Waals surface area contributed by atoms with Crippen LogP contribution in [-0.2, 0) is 9.59 Å². The monoisotopic (exact) mass is 357 g/mol. The highest BCUT2D eigenvalue weighted by Crippen LogP contribution is 2.22. The molecular formula is C15H17ClFN3O4. The molecule has 1 aromatic rings. The second-order valence-electron chi connectivity index (χ2n) is 5.61. The third kappa shape index (κ3) is 3.76. The molecule has 0 aromatic heterocycles. The SMILES string of the molecule is CC(NC(=O)c1ccc(N)c(Cl)c1)C(=O)N1CC(F)CC1C(=O)O. The Kier molecular flexibility index (Phi) is 5.28. The second kappa shape index (κ2) is 7.04. The quantitative estimate of drug-likeness (QED) is 0.697. The summed E-state index contributed by atoms with van der Waals surface area (Å²) < 4.78 is 13.4. The number of nitrogens with one attached hydrogen (secondary N) is 1. The van der Waals surface area contributed by atoms with Crippen LogP contribution in [-0.4, -0.2) is 52.6 Å². The highest BCUT2D eigenvalue weighted by atomic mass is 35.5. The van der Waals surface area contributed by atoms with Crippen molar-refractivity contribution in [2.75, 3.05) is 12.3 Å². The molecule has 2 amide bonds. The number of nitrogens with zero attached hydrogens (tertiary/aromatic N) is 1. The third-order valence-electron chi connectivity index (χ3n) is 3.80. The first kappa shape index (κ1) is 18.0. The zero-order chi connectivity index (χ0) is 18.0. The predicted octanol–water partition coefficient (Wildman–Crippen LogP) is 1.06. The molecule has 1 aliphatic rings. The average molecular weight is 358 g/mol. The Morgan fingerprint density at radius 2 is 2.12 bits per heavy atom. The molecule has 2 rings (SSSR count). The van der Waals surface area contributed by atoms with Gasteiger partial charge in [0.05, 0.1) is 17.3 Å². The maximum atomic E-state index is 13.4. The zero-order valence-electron chi connectivity index (χ0n) is 12.8. The van der Waals surface area contributed by atoms with Crippen LogP contribution >= 0.6 is 11.6 Å². The lowest BCUT2D eigenvalue weighted by molar-refractivity contribution is -0.148. The van der Waals surface area contributed by atoms with Crippen molar-refractivity contribution in [3.63, 3.8) is 0 Å². The van der Waals surface area contributed by atoms with Crippen molar-refractivity contribution in [2.45, 2.75) is 31.6 Å². The largest absolute Gasteiger partial charge is 0.480 e. The number of halogens is 2. The van der Waals surface area contributed by atoms with Crippen molar-refractivity contribution >= 4 is 35.1 Å². The number of aliphatic carboxylic acids is 1. The van der Waals surface area contributed by atoms with E-state index in [2.05, 4.69) is 5.32 Å². The average Bonchev–Trinajstić information content (AvgIpc) is 2.91. The van der Waals surface area contributed by atoms with Gasteiger partial charge in [0, 0.05) is 12.0 Å². The van der Waals surface area contributed by atoms with Crippen LogP contribution in [0.2, 0.25) is 5.02 Å². The molecule has 1 aromatic carbocycles. The molecule has 0 aliphatic carbocycles. The van der Waals surface area contributed by atoms with Crippen LogP contribution in [0.5, 0.6) is 0 Å². The van der Waals surface area contributed by atoms with Gasteiger partial charge in [0.15, 0.2) is 0 Å². The molecule has 0 saturated carbocycles.